The number of nitrogens with one attached hydrogen (secondary N) is 2. The molecule has 3 heterocycles. The molecule has 2 saturated heterocycles. The van der Waals surface area contributed by atoms with Gasteiger partial charge in [0.05, 0.1) is 11.1 Å². The maximum Gasteiger partial charge on any atom is 0.264 e. The Morgan fingerprint density at radius 1 is 1.08 bits per heavy atom. The van der Waals surface area contributed by atoms with Gasteiger partial charge in [-0.15, -0.1) is 0 Å². The minimum atomic E-state index is -0.945. The predicted octanol–water partition coefficient (Wildman–Crippen LogP) is 2.89. The van der Waals surface area contributed by atoms with Crippen LogP contribution in [0.5, 0.6) is 0 Å². The van der Waals surface area contributed by atoms with Gasteiger partial charge < -0.3 is 15.7 Å². The Bertz CT molecular complexity index is 1200. The number of rotatable bonds is 7. The molecular weight excluding hydrogens is 456 g/mol. The summed E-state index contributed by atoms with van der Waals surface area (Å²) in [5.74, 6) is 0.0750. The molecular formula is C28H34N4O4. The van der Waals surface area contributed by atoms with Crippen molar-refractivity contribution in [2.45, 2.75) is 59.0 Å². The number of imide groups is 1. The molecule has 0 spiro atoms. The van der Waals surface area contributed by atoms with E-state index in [-0.39, 0.29) is 6.42 Å². The molecule has 0 aromatic heterocycles. The van der Waals surface area contributed by atoms with Gasteiger partial charge in [0.1, 0.15) is 12.3 Å². The summed E-state index contributed by atoms with van der Waals surface area (Å²) < 4.78 is 0. The summed E-state index contributed by atoms with van der Waals surface area (Å²) in [7, 11) is 0. The monoisotopic (exact) mass is 490 g/mol. The molecule has 0 bridgehead atoms. The Kier molecular flexibility index (Phi) is 6.57. The number of nitrogens with zero attached hydrogens (tertiary/aromatic N) is 2. The van der Waals surface area contributed by atoms with Crippen molar-refractivity contribution in [1.82, 2.24) is 15.1 Å². The smallest absolute Gasteiger partial charge is 0.264 e. The molecule has 2 aromatic carbocycles. The van der Waals surface area contributed by atoms with Crippen molar-refractivity contribution >= 4 is 23.4 Å². The van der Waals surface area contributed by atoms with Crippen molar-refractivity contribution < 1.29 is 19.5 Å². The summed E-state index contributed by atoms with van der Waals surface area (Å²) in [6.45, 7) is 10.5. The van der Waals surface area contributed by atoms with Crippen LogP contribution >= 0.6 is 0 Å². The van der Waals surface area contributed by atoms with Crippen molar-refractivity contribution in [2.75, 3.05) is 18.4 Å². The van der Waals surface area contributed by atoms with E-state index < -0.39 is 30.0 Å². The Balaban J connectivity index is 1.26. The Hall–Kier alpha value is -3.23. The highest BCUT2D eigenvalue weighted by Crippen LogP contribution is 2.33. The Morgan fingerprint density at radius 2 is 1.86 bits per heavy atom. The molecule has 3 amide bonds. The van der Waals surface area contributed by atoms with Crippen molar-refractivity contribution in [1.29, 1.82) is 0 Å². The molecule has 36 heavy (non-hydrogen) atoms. The molecule has 3 aliphatic heterocycles. The standard InChI is InChI=1S/C28H34N4O4/c1-16(2)20-14-31(15-20)13-19-8-7-18(11-17(19)3)12-29-22-6-4-5-21-25(22)28(36)32(27(21)35)23-9-10-24(33)30-26(23)34/h4-8,11,16,20,23-24,29,33H,9-10,12-15H2,1-3H3,(H,30,34). The first-order chi connectivity index (χ1) is 17.2. The maximum atomic E-state index is 13.3. The number of hydrogen-bond acceptors (Lipinski definition) is 6. The fraction of sp³-hybridized carbons (Fsp3) is 0.464. The minimum Gasteiger partial charge on any atom is -0.380 e. The number of aliphatic hydroxyl groups excluding tert-OH is 1. The second kappa shape index (κ2) is 9.67. The number of benzene rings is 2. The van der Waals surface area contributed by atoms with E-state index in [1.54, 1.807) is 18.2 Å². The van der Waals surface area contributed by atoms with Crippen LogP contribution in [-0.4, -0.2) is 58.0 Å². The molecule has 0 radical (unpaired) electrons. The van der Waals surface area contributed by atoms with Gasteiger partial charge in [-0.3, -0.25) is 24.2 Å². The molecule has 2 unspecified atom stereocenters. The van der Waals surface area contributed by atoms with Crippen LogP contribution in [0.4, 0.5) is 5.69 Å². The number of aliphatic hydroxyl groups is 1. The molecule has 0 aliphatic carbocycles. The zero-order chi connectivity index (χ0) is 25.6. The first-order valence-electron chi connectivity index (χ1n) is 12.8. The summed E-state index contributed by atoms with van der Waals surface area (Å²) in [6.07, 6.45) is -0.415. The zero-order valence-corrected chi connectivity index (χ0v) is 21.1. The Labute approximate surface area is 211 Å². The number of likely N-dealkylation sites (tertiary alicyclic amines) is 1. The van der Waals surface area contributed by atoms with E-state index in [4.69, 9.17) is 0 Å². The predicted molar refractivity (Wildman–Crippen MR) is 136 cm³/mol. The van der Waals surface area contributed by atoms with Gasteiger partial charge in [-0.2, -0.15) is 0 Å². The highest BCUT2D eigenvalue weighted by molar-refractivity contribution is 6.25. The van der Waals surface area contributed by atoms with Crippen LogP contribution in [0, 0.1) is 18.8 Å². The van der Waals surface area contributed by atoms with Gasteiger partial charge in [0, 0.05) is 31.9 Å². The van der Waals surface area contributed by atoms with Crippen LogP contribution in [0.25, 0.3) is 0 Å². The number of piperidine rings is 1. The number of carbonyl (C=O) groups excluding carboxylic acids is 3. The van der Waals surface area contributed by atoms with Gasteiger partial charge in [0.2, 0.25) is 5.91 Å². The van der Waals surface area contributed by atoms with E-state index in [1.165, 1.54) is 11.1 Å². The average molecular weight is 491 g/mol. The third-order valence-corrected chi connectivity index (χ3v) is 7.80. The molecule has 5 rings (SSSR count). The van der Waals surface area contributed by atoms with Gasteiger partial charge in [0.15, 0.2) is 0 Å². The molecule has 0 saturated carbocycles. The van der Waals surface area contributed by atoms with Crippen LogP contribution < -0.4 is 10.6 Å². The van der Waals surface area contributed by atoms with Gasteiger partial charge >= 0.3 is 0 Å². The second-order valence-electron chi connectivity index (χ2n) is 10.6. The van der Waals surface area contributed by atoms with Crippen molar-refractivity contribution in [2.24, 2.45) is 11.8 Å². The number of carbonyl (C=O) groups is 3. The number of anilines is 1. The lowest BCUT2D eigenvalue weighted by Gasteiger charge is -2.42. The summed E-state index contributed by atoms with van der Waals surface area (Å²) >= 11 is 0. The highest BCUT2D eigenvalue weighted by Gasteiger charge is 2.45. The third kappa shape index (κ3) is 4.51. The quantitative estimate of drug-likeness (QED) is 0.516. The van der Waals surface area contributed by atoms with Gasteiger partial charge in [-0.05, 0) is 60.4 Å². The lowest BCUT2D eigenvalue weighted by atomic mass is 9.88. The van der Waals surface area contributed by atoms with Crippen molar-refractivity contribution in [3.8, 4) is 0 Å². The van der Waals surface area contributed by atoms with Crippen LogP contribution in [0.15, 0.2) is 36.4 Å². The molecule has 8 heteroatoms. The highest BCUT2D eigenvalue weighted by atomic mass is 16.3. The molecule has 2 aromatic rings. The molecule has 2 fully saturated rings. The number of aryl methyl sites for hydroxylation is 1. The average Bonchev–Trinajstić information content (AvgIpc) is 3.06. The fourth-order valence-corrected chi connectivity index (χ4v) is 5.40. The summed E-state index contributed by atoms with van der Waals surface area (Å²) in [4.78, 5) is 42.2. The van der Waals surface area contributed by atoms with E-state index in [0.717, 1.165) is 41.9 Å². The minimum absolute atomic E-state index is 0.239. The fourth-order valence-electron chi connectivity index (χ4n) is 5.40. The molecule has 3 N–H and O–H groups in total. The van der Waals surface area contributed by atoms with Gasteiger partial charge in [-0.25, -0.2) is 0 Å². The molecule has 8 nitrogen and oxygen atoms in total. The summed E-state index contributed by atoms with van der Waals surface area (Å²) in [6, 6.07) is 10.7. The zero-order valence-electron chi connectivity index (χ0n) is 21.1. The van der Waals surface area contributed by atoms with Crippen LogP contribution in [0.3, 0.4) is 0 Å². The third-order valence-electron chi connectivity index (χ3n) is 7.80. The lowest BCUT2D eigenvalue weighted by molar-refractivity contribution is -0.131. The van der Waals surface area contributed by atoms with E-state index in [9.17, 15) is 19.5 Å². The van der Waals surface area contributed by atoms with E-state index >= 15 is 0 Å². The van der Waals surface area contributed by atoms with E-state index in [2.05, 4.69) is 54.5 Å². The topological polar surface area (TPSA) is 102 Å². The number of fused-ring (bicyclic) bond motifs is 1. The Morgan fingerprint density at radius 3 is 2.56 bits per heavy atom. The second-order valence-corrected chi connectivity index (χ2v) is 10.6. The number of amides is 3. The van der Waals surface area contributed by atoms with Crippen LogP contribution in [0.1, 0.15) is 64.1 Å². The van der Waals surface area contributed by atoms with Crippen LogP contribution in [-0.2, 0) is 17.9 Å². The maximum absolute atomic E-state index is 13.3. The number of hydrogen-bond donors (Lipinski definition) is 3. The van der Waals surface area contributed by atoms with Crippen molar-refractivity contribution in [3.63, 3.8) is 0 Å². The van der Waals surface area contributed by atoms with Crippen LogP contribution in [0.2, 0.25) is 0 Å². The molecule has 2 atom stereocenters. The van der Waals surface area contributed by atoms with Crippen molar-refractivity contribution in [3.05, 3.63) is 64.2 Å². The van der Waals surface area contributed by atoms with E-state index in [0.29, 0.717) is 29.8 Å². The molecule has 3 aliphatic rings. The lowest BCUT2D eigenvalue weighted by Crippen LogP contribution is -2.55. The van der Waals surface area contributed by atoms with Gasteiger partial charge in [0.25, 0.3) is 11.8 Å². The first-order valence-corrected chi connectivity index (χ1v) is 12.8. The summed E-state index contributed by atoms with van der Waals surface area (Å²) in [5, 5.41) is 15.4. The van der Waals surface area contributed by atoms with Gasteiger partial charge in [-0.1, -0.05) is 38.1 Å². The SMILES string of the molecule is Cc1cc(CNc2cccc3c2C(=O)N(C2CCC(O)NC2=O)C3=O)ccc1CN1CC(C(C)C)C1. The molecule has 190 valence electrons. The van der Waals surface area contributed by atoms with E-state index in [1.807, 2.05) is 0 Å². The summed E-state index contributed by atoms with van der Waals surface area (Å²) in [5.41, 5.74) is 4.83. The first kappa shape index (κ1) is 24.5. The largest absolute Gasteiger partial charge is 0.380 e. The normalized spacial score (nSPS) is 22.6.